The Kier molecular flexibility index (Phi) is 4.68. The number of nitrogens with one attached hydrogen (secondary N) is 1. The largest absolute Gasteiger partial charge is 0.395 e. The van der Waals surface area contributed by atoms with Crippen molar-refractivity contribution < 1.29 is 9.50 Å². The number of benzene rings is 1. The zero-order valence-corrected chi connectivity index (χ0v) is 10.1. The SMILES string of the molecule is CNC(c1cc(F)c(C)cc1Cl)C(N)CO. The third-order valence-corrected chi connectivity index (χ3v) is 2.89. The number of hydrogen-bond acceptors (Lipinski definition) is 3. The van der Waals surface area contributed by atoms with Crippen LogP contribution >= 0.6 is 11.6 Å². The second kappa shape index (κ2) is 5.59. The lowest BCUT2D eigenvalue weighted by Crippen LogP contribution is -2.39. The van der Waals surface area contributed by atoms with E-state index in [1.54, 1.807) is 20.0 Å². The highest BCUT2D eigenvalue weighted by atomic mass is 35.5. The lowest BCUT2D eigenvalue weighted by atomic mass is 9.99. The lowest BCUT2D eigenvalue weighted by molar-refractivity contribution is 0.240. The van der Waals surface area contributed by atoms with Gasteiger partial charge in [-0.25, -0.2) is 4.39 Å². The molecule has 0 radical (unpaired) electrons. The Bertz CT molecular complexity index is 373. The van der Waals surface area contributed by atoms with Crippen LogP contribution in [0, 0.1) is 12.7 Å². The summed E-state index contributed by atoms with van der Waals surface area (Å²) in [6, 6.07) is 2.02. The van der Waals surface area contributed by atoms with Gasteiger partial charge in [0.25, 0.3) is 0 Å². The standard InChI is InChI=1S/C11H16ClFN2O/c1-6-3-8(12)7(4-9(6)13)11(15-2)10(14)5-16/h3-4,10-11,15-16H,5,14H2,1-2H3. The zero-order chi connectivity index (χ0) is 12.3. The van der Waals surface area contributed by atoms with Crippen molar-refractivity contribution in [1.82, 2.24) is 5.32 Å². The molecule has 0 saturated heterocycles. The molecule has 0 aliphatic carbocycles. The molecule has 0 bridgehead atoms. The molecule has 0 aromatic heterocycles. The van der Waals surface area contributed by atoms with Crippen molar-refractivity contribution in [2.45, 2.75) is 19.0 Å². The summed E-state index contributed by atoms with van der Waals surface area (Å²) < 4.78 is 13.4. The normalized spacial score (nSPS) is 14.9. The van der Waals surface area contributed by atoms with Crippen LogP contribution in [0.5, 0.6) is 0 Å². The molecule has 1 aromatic rings. The highest BCUT2D eigenvalue weighted by molar-refractivity contribution is 6.31. The number of hydrogen-bond donors (Lipinski definition) is 3. The maximum absolute atomic E-state index is 13.4. The minimum Gasteiger partial charge on any atom is -0.395 e. The predicted molar refractivity (Wildman–Crippen MR) is 63.0 cm³/mol. The van der Waals surface area contributed by atoms with E-state index in [0.717, 1.165) is 0 Å². The van der Waals surface area contributed by atoms with Gasteiger partial charge in [-0.1, -0.05) is 11.6 Å². The minimum absolute atomic E-state index is 0.197. The van der Waals surface area contributed by atoms with E-state index in [1.807, 2.05) is 0 Å². The van der Waals surface area contributed by atoms with Crippen molar-refractivity contribution in [3.63, 3.8) is 0 Å². The van der Waals surface area contributed by atoms with Crippen LogP contribution in [0.15, 0.2) is 12.1 Å². The van der Waals surface area contributed by atoms with Crippen LogP contribution in [-0.4, -0.2) is 24.8 Å². The molecular weight excluding hydrogens is 231 g/mol. The van der Waals surface area contributed by atoms with Crippen molar-refractivity contribution in [1.29, 1.82) is 0 Å². The van der Waals surface area contributed by atoms with Gasteiger partial charge in [0, 0.05) is 11.1 Å². The topological polar surface area (TPSA) is 58.3 Å². The van der Waals surface area contributed by atoms with E-state index in [0.29, 0.717) is 16.1 Å². The van der Waals surface area contributed by atoms with E-state index in [1.165, 1.54) is 6.07 Å². The Morgan fingerprint density at radius 3 is 2.69 bits per heavy atom. The maximum atomic E-state index is 13.4. The smallest absolute Gasteiger partial charge is 0.126 e. The minimum atomic E-state index is -0.524. The molecule has 1 rings (SSSR count). The number of aryl methyl sites for hydroxylation is 1. The fraction of sp³-hybridized carbons (Fsp3) is 0.455. The molecule has 0 aliphatic heterocycles. The molecule has 5 heteroatoms. The van der Waals surface area contributed by atoms with Gasteiger partial charge in [0.05, 0.1) is 12.6 Å². The predicted octanol–water partition coefficient (Wildman–Crippen LogP) is 1.37. The van der Waals surface area contributed by atoms with Gasteiger partial charge in [-0.2, -0.15) is 0 Å². The van der Waals surface area contributed by atoms with Gasteiger partial charge in [-0.15, -0.1) is 0 Å². The number of aliphatic hydroxyl groups excluding tert-OH is 1. The van der Waals surface area contributed by atoms with Gasteiger partial charge in [-0.05, 0) is 37.2 Å². The second-order valence-electron chi connectivity index (χ2n) is 3.74. The average molecular weight is 247 g/mol. The van der Waals surface area contributed by atoms with E-state index in [2.05, 4.69) is 5.32 Å². The molecule has 0 spiro atoms. The third kappa shape index (κ3) is 2.71. The van der Waals surface area contributed by atoms with Crippen molar-refractivity contribution in [2.24, 2.45) is 5.73 Å². The lowest BCUT2D eigenvalue weighted by Gasteiger charge is -2.23. The van der Waals surface area contributed by atoms with Crippen LogP contribution in [0.3, 0.4) is 0 Å². The first kappa shape index (κ1) is 13.4. The van der Waals surface area contributed by atoms with Crippen LogP contribution in [0.4, 0.5) is 4.39 Å². The summed E-state index contributed by atoms with van der Waals surface area (Å²) in [5, 5.41) is 12.4. The third-order valence-electron chi connectivity index (χ3n) is 2.56. The first-order valence-corrected chi connectivity index (χ1v) is 5.38. The summed E-state index contributed by atoms with van der Waals surface area (Å²) in [6.45, 7) is 1.45. The maximum Gasteiger partial charge on any atom is 0.126 e. The zero-order valence-electron chi connectivity index (χ0n) is 9.30. The molecule has 0 heterocycles. The van der Waals surface area contributed by atoms with Crippen LogP contribution in [-0.2, 0) is 0 Å². The summed E-state index contributed by atoms with van der Waals surface area (Å²) in [5.41, 5.74) is 6.77. The van der Waals surface area contributed by atoms with E-state index in [4.69, 9.17) is 22.4 Å². The number of nitrogens with two attached hydrogens (primary N) is 1. The average Bonchev–Trinajstić information content (AvgIpc) is 2.26. The Hall–Kier alpha value is -0.680. The molecule has 0 amide bonds. The molecule has 90 valence electrons. The monoisotopic (exact) mass is 246 g/mol. The van der Waals surface area contributed by atoms with E-state index < -0.39 is 6.04 Å². The van der Waals surface area contributed by atoms with E-state index >= 15 is 0 Å². The number of aliphatic hydroxyl groups is 1. The van der Waals surface area contributed by atoms with Crippen LogP contribution in [0.1, 0.15) is 17.2 Å². The van der Waals surface area contributed by atoms with Crippen molar-refractivity contribution in [3.8, 4) is 0 Å². The van der Waals surface area contributed by atoms with Crippen LogP contribution in [0.2, 0.25) is 5.02 Å². The van der Waals surface area contributed by atoms with Gasteiger partial charge >= 0.3 is 0 Å². The Balaban J connectivity index is 3.15. The summed E-state index contributed by atoms with van der Waals surface area (Å²) in [4.78, 5) is 0. The fourth-order valence-electron chi connectivity index (χ4n) is 1.61. The van der Waals surface area contributed by atoms with E-state index in [-0.39, 0.29) is 18.5 Å². The van der Waals surface area contributed by atoms with E-state index in [9.17, 15) is 4.39 Å². The molecular formula is C11H16ClFN2O. The quantitative estimate of drug-likeness (QED) is 0.752. The second-order valence-corrected chi connectivity index (χ2v) is 4.14. The van der Waals surface area contributed by atoms with Crippen LogP contribution < -0.4 is 11.1 Å². The van der Waals surface area contributed by atoms with Crippen molar-refractivity contribution in [3.05, 3.63) is 34.1 Å². The number of likely N-dealkylation sites (N-methyl/N-ethyl adjacent to an activating group) is 1. The first-order chi connectivity index (χ1) is 7.51. The van der Waals surface area contributed by atoms with Gasteiger partial charge in [-0.3, -0.25) is 0 Å². The number of rotatable bonds is 4. The molecule has 2 unspecified atom stereocenters. The van der Waals surface area contributed by atoms with Gasteiger partial charge in [0.2, 0.25) is 0 Å². The highest BCUT2D eigenvalue weighted by Crippen LogP contribution is 2.27. The fourth-order valence-corrected chi connectivity index (χ4v) is 1.94. The molecule has 1 aromatic carbocycles. The summed E-state index contributed by atoms with van der Waals surface area (Å²) in [7, 11) is 1.69. The molecule has 0 fully saturated rings. The molecule has 3 nitrogen and oxygen atoms in total. The van der Waals surface area contributed by atoms with Crippen molar-refractivity contribution in [2.75, 3.05) is 13.7 Å². The van der Waals surface area contributed by atoms with Crippen LogP contribution in [0.25, 0.3) is 0 Å². The first-order valence-electron chi connectivity index (χ1n) is 5.00. The molecule has 4 N–H and O–H groups in total. The van der Waals surface area contributed by atoms with Crippen molar-refractivity contribution >= 4 is 11.6 Å². The summed E-state index contributed by atoms with van der Waals surface area (Å²) >= 11 is 6.03. The molecule has 0 saturated carbocycles. The Labute approximate surface area is 99.4 Å². The molecule has 16 heavy (non-hydrogen) atoms. The summed E-state index contributed by atoms with van der Waals surface area (Å²) in [6.07, 6.45) is 0. The highest BCUT2D eigenvalue weighted by Gasteiger charge is 2.21. The summed E-state index contributed by atoms with van der Waals surface area (Å²) in [5.74, 6) is -0.329. The number of halogens is 2. The van der Waals surface area contributed by atoms with Gasteiger partial charge in [0.15, 0.2) is 0 Å². The Morgan fingerprint density at radius 1 is 1.56 bits per heavy atom. The molecule has 0 aliphatic rings. The Morgan fingerprint density at radius 2 is 2.19 bits per heavy atom. The van der Waals surface area contributed by atoms with Gasteiger partial charge in [0.1, 0.15) is 5.82 Å². The molecule has 2 atom stereocenters. The van der Waals surface area contributed by atoms with Gasteiger partial charge < -0.3 is 16.2 Å².